The van der Waals surface area contributed by atoms with Crippen LogP contribution in [0.2, 0.25) is 0 Å². The Hall–Kier alpha value is -3.08. The fourth-order valence-corrected chi connectivity index (χ4v) is 4.39. The third kappa shape index (κ3) is 5.58. The minimum Gasteiger partial charge on any atom is -0.383 e. The first-order valence-corrected chi connectivity index (χ1v) is 11.9. The van der Waals surface area contributed by atoms with Crippen LogP contribution in [-0.4, -0.2) is 16.6 Å². The number of pyridine rings is 1. The molecule has 0 aliphatic rings. The van der Waals surface area contributed by atoms with E-state index in [-0.39, 0.29) is 23.7 Å². The number of hydrogen-bond acceptors (Lipinski definition) is 6. The molecule has 0 aliphatic carbocycles. The highest BCUT2D eigenvalue weighted by atomic mass is 127. The number of aryl methyl sites for hydroxylation is 1. The van der Waals surface area contributed by atoms with Crippen LogP contribution in [-0.2, 0) is 11.2 Å². The molecule has 160 valence electrons. The summed E-state index contributed by atoms with van der Waals surface area (Å²) in [6.45, 7) is 2.06. The zero-order chi connectivity index (χ0) is 23.1. The van der Waals surface area contributed by atoms with Gasteiger partial charge in [-0.05, 0) is 64.4 Å². The zero-order valence-electron chi connectivity index (χ0n) is 17.4. The Morgan fingerprint density at radius 3 is 2.34 bits per heavy atom. The predicted octanol–water partition coefficient (Wildman–Crippen LogP) is 5.36. The summed E-state index contributed by atoms with van der Waals surface area (Å²) in [5.41, 5.74) is 9.65. The number of amides is 1. The number of rotatable bonds is 7. The maximum Gasteiger partial charge on any atom is 0.225 e. The van der Waals surface area contributed by atoms with Crippen LogP contribution in [0.4, 0.5) is 11.5 Å². The van der Waals surface area contributed by atoms with E-state index in [0.29, 0.717) is 21.9 Å². The summed E-state index contributed by atoms with van der Waals surface area (Å²) in [6, 6.07) is 19.5. The third-order valence-electron chi connectivity index (χ3n) is 4.76. The van der Waals surface area contributed by atoms with Gasteiger partial charge in [0.25, 0.3) is 0 Å². The Labute approximate surface area is 205 Å². The largest absolute Gasteiger partial charge is 0.383 e. The van der Waals surface area contributed by atoms with E-state index >= 15 is 0 Å². The maximum absolute atomic E-state index is 12.3. The molecule has 6 nitrogen and oxygen atoms in total. The molecule has 1 heterocycles. The molecule has 32 heavy (non-hydrogen) atoms. The van der Waals surface area contributed by atoms with Gasteiger partial charge in [0.1, 0.15) is 28.5 Å². The van der Waals surface area contributed by atoms with Crippen molar-refractivity contribution in [3.8, 4) is 23.3 Å². The van der Waals surface area contributed by atoms with E-state index in [1.54, 1.807) is 0 Å². The standard InChI is InChI=1S/C24H20IN5OS/c1-2-15-3-5-16(6-4-15)22-19(13-26)23(28)30-24(20(22)14-27)32-12-11-21(31)29-18-9-7-17(25)8-10-18/h3-10H,2,11-12H2,1H3,(H2,28,30)(H,29,31). The number of nitriles is 2. The second-order valence-corrected chi connectivity index (χ2v) is 9.18. The number of halogens is 1. The van der Waals surface area contributed by atoms with Gasteiger partial charge < -0.3 is 11.1 Å². The second kappa shape index (κ2) is 11.0. The number of anilines is 2. The normalized spacial score (nSPS) is 10.2. The summed E-state index contributed by atoms with van der Waals surface area (Å²) >= 11 is 3.48. The quantitative estimate of drug-likeness (QED) is 0.301. The first-order chi connectivity index (χ1) is 15.5. The molecule has 8 heteroatoms. The van der Waals surface area contributed by atoms with Gasteiger partial charge in [-0.3, -0.25) is 4.79 Å². The Morgan fingerprint density at radius 2 is 1.75 bits per heavy atom. The maximum atomic E-state index is 12.3. The molecule has 2 aromatic carbocycles. The summed E-state index contributed by atoms with van der Waals surface area (Å²) in [4.78, 5) is 16.6. The summed E-state index contributed by atoms with van der Waals surface area (Å²) in [6.07, 6.45) is 1.13. The van der Waals surface area contributed by atoms with E-state index < -0.39 is 0 Å². The van der Waals surface area contributed by atoms with Crippen LogP contribution in [0.25, 0.3) is 11.1 Å². The van der Waals surface area contributed by atoms with E-state index in [9.17, 15) is 15.3 Å². The van der Waals surface area contributed by atoms with E-state index in [1.165, 1.54) is 11.8 Å². The predicted molar refractivity (Wildman–Crippen MR) is 136 cm³/mol. The number of nitrogen functional groups attached to an aromatic ring is 1. The van der Waals surface area contributed by atoms with Crippen molar-refractivity contribution in [3.05, 3.63) is 68.8 Å². The molecule has 0 aliphatic heterocycles. The summed E-state index contributed by atoms with van der Waals surface area (Å²) in [7, 11) is 0. The highest BCUT2D eigenvalue weighted by Gasteiger charge is 2.20. The van der Waals surface area contributed by atoms with Crippen LogP contribution in [0.3, 0.4) is 0 Å². The number of hydrogen-bond donors (Lipinski definition) is 2. The van der Waals surface area contributed by atoms with Gasteiger partial charge in [-0.15, -0.1) is 11.8 Å². The van der Waals surface area contributed by atoms with Gasteiger partial charge in [0, 0.05) is 27.0 Å². The number of benzene rings is 2. The smallest absolute Gasteiger partial charge is 0.225 e. The zero-order valence-corrected chi connectivity index (χ0v) is 20.3. The number of carbonyl (C=O) groups is 1. The van der Waals surface area contributed by atoms with Crippen molar-refractivity contribution in [2.75, 3.05) is 16.8 Å². The number of nitrogens with zero attached hydrogens (tertiary/aromatic N) is 3. The molecule has 0 saturated heterocycles. The lowest BCUT2D eigenvalue weighted by Crippen LogP contribution is -2.12. The second-order valence-electron chi connectivity index (χ2n) is 6.85. The van der Waals surface area contributed by atoms with Crippen molar-refractivity contribution in [2.45, 2.75) is 24.8 Å². The molecular formula is C24H20IN5OS. The van der Waals surface area contributed by atoms with Crippen LogP contribution in [0, 0.1) is 26.2 Å². The van der Waals surface area contributed by atoms with Crippen molar-refractivity contribution < 1.29 is 4.79 Å². The average Bonchev–Trinajstić information content (AvgIpc) is 2.80. The molecule has 0 fully saturated rings. The highest BCUT2D eigenvalue weighted by Crippen LogP contribution is 2.36. The van der Waals surface area contributed by atoms with Gasteiger partial charge >= 0.3 is 0 Å². The molecule has 0 atom stereocenters. The molecule has 0 unspecified atom stereocenters. The minimum atomic E-state index is -0.130. The fraction of sp³-hybridized carbons (Fsp3) is 0.167. The number of nitrogens with one attached hydrogen (secondary N) is 1. The first-order valence-electron chi connectivity index (χ1n) is 9.88. The molecule has 0 radical (unpaired) electrons. The van der Waals surface area contributed by atoms with Crippen molar-refractivity contribution in [2.24, 2.45) is 0 Å². The van der Waals surface area contributed by atoms with Crippen LogP contribution in [0.1, 0.15) is 30.0 Å². The van der Waals surface area contributed by atoms with Crippen molar-refractivity contribution in [3.63, 3.8) is 0 Å². The number of carbonyl (C=O) groups excluding carboxylic acids is 1. The van der Waals surface area contributed by atoms with Crippen LogP contribution >= 0.6 is 34.4 Å². The molecular weight excluding hydrogens is 533 g/mol. The number of thioether (sulfide) groups is 1. The Kier molecular flexibility index (Phi) is 8.09. The number of nitrogens with two attached hydrogens (primary N) is 1. The monoisotopic (exact) mass is 553 g/mol. The minimum absolute atomic E-state index is 0.0758. The molecule has 0 bridgehead atoms. The van der Waals surface area contributed by atoms with Gasteiger partial charge in [-0.2, -0.15) is 10.5 Å². The summed E-state index contributed by atoms with van der Waals surface area (Å²) in [5.74, 6) is 0.360. The first kappa shape index (κ1) is 23.6. The number of aromatic nitrogens is 1. The Bertz CT molecular complexity index is 1210. The lowest BCUT2D eigenvalue weighted by molar-refractivity contribution is -0.115. The summed E-state index contributed by atoms with van der Waals surface area (Å²) in [5, 5.41) is 22.8. The molecule has 0 spiro atoms. The molecule has 1 aromatic heterocycles. The molecule has 3 rings (SSSR count). The molecule has 3 N–H and O–H groups in total. The Morgan fingerprint density at radius 1 is 1.09 bits per heavy atom. The molecule has 1 amide bonds. The van der Waals surface area contributed by atoms with Gasteiger partial charge in [0.15, 0.2) is 0 Å². The average molecular weight is 553 g/mol. The van der Waals surface area contributed by atoms with E-state index in [0.717, 1.165) is 26.8 Å². The van der Waals surface area contributed by atoms with Gasteiger partial charge in [0.05, 0.1) is 5.56 Å². The van der Waals surface area contributed by atoms with Crippen molar-refractivity contribution in [1.82, 2.24) is 4.98 Å². The SMILES string of the molecule is CCc1ccc(-c2c(C#N)c(N)nc(SCCC(=O)Nc3ccc(I)cc3)c2C#N)cc1. The van der Waals surface area contributed by atoms with E-state index in [4.69, 9.17) is 5.73 Å². The van der Waals surface area contributed by atoms with Crippen molar-refractivity contribution >= 4 is 51.8 Å². The van der Waals surface area contributed by atoms with Gasteiger partial charge in [-0.25, -0.2) is 4.98 Å². The highest BCUT2D eigenvalue weighted by molar-refractivity contribution is 14.1. The van der Waals surface area contributed by atoms with Crippen LogP contribution in [0.15, 0.2) is 53.6 Å². The van der Waals surface area contributed by atoms with Crippen LogP contribution < -0.4 is 11.1 Å². The fourth-order valence-electron chi connectivity index (χ4n) is 3.10. The van der Waals surface area contributed by atoms with Gasteiger partial charge in [0.2, 0.25) is 5.91 Å². The van der Waals surface area contributed by atoms with Gasteiger partial charge in [-0.1, -0.05) is 31.2 Å². The summed E-state index contributed by atoms with van der Waals surface area (Å²) < 4.78 is 1.09. The molecule has 3 aromatic rings. The molecule has 0 saturated carbocycles. The topological polar surface area (TPSA) is 116 Å². The third-order valence-corrected chi connectivity index (χ3v) is 6.46. The lowest BCUT2D eigenvalue weighted by Gasteiger charge is -2.13. The Balaban J connectivity index is 1.81. The lowest BCUT2D eigenvalue weighted by atomic mass is 9.96. The van der Waals surface area contributed by atoms with E-state index in [1.807, 2.05) is 48.5 Å². The van der Waals surface area contributed by atoms with Crippen molar-refractivity contribution in [1.29, 1.82) is 10.5 Å². The van der Waals surface area contributed by atoms with Crippen LogP contribution in [0.5, 0.6) is 0 Å². The van der Waals surface area contributed by atoms with E-state index in [2.05, 4.69) is 52.0 Å².